The van der Waals surface area contributed by atoms with Gasteiger partial charge in [0.1, 0.15) is 6.61 Å². The molecule has 1 aliphatic rings. The molecular formula is C17H23NO. The van der Waals surface area contributed by atoms with Crippen LogP contribution in [0.1, 0.15) is 37.3 Å². The molecule has 0 saturated heterocycles. The van der Waals surface area contributed by atoms with E-state index in [0.29, 0.717) is 0 Å². The Hall–Kier alpha value is -1.30. The highest BCUT2D eigenvalue weighted by Gasteiger charge is 2.23. The number of aliphatic hydroxyl groups is 1. The Morgan fingerprint density at radius 2 is 2.00 bits per heavy atom. The van der Waals surface area contributed by atoms with Crippen molar-refractivity contribution in [1.29, 1.82) is 0 Å². The van der Waals surface area contributed by atoms with Gasteiger partial charge >= 0.3 is 0 Å². The van der Waals surface area contributed by atoms with E-state index in [1.165, 1.54) is 37.9 Å². The summed E-state index contributed by atoms with van der Waals surface area (Å²) in [4.78, 5) is 2.56. The maximum atomic E-state index is 8.67. The number of benzene rings is 1. The van der Waals surface area contributed by atoms with Crippen LogP contribution in [0.25, 0.3) is 0 Å². The lowest BCUT2D eigenvalue weighted by molar-refractivity contribution is 0.255. The van der Waals surface area contributed by atoms with E-state index in [9.17, 15) is 0 Å². The Bertz CT molecular complexity index is 437. The van der Waals surface area contributed by atoms with Crippen LogP contribution in [0.4, 0.5) is 0 Å². The monoisotopic (exact) mass is 257 g/mol. The van der Waals surface area contributed by atoms with Crippen molar-refractivity contribution < 1.29 is 5.11 Å². The van der Waals surface area contributed by atoms with Crippen molar-refractivity contribution in [2.45, 2.75) is 32.7 Å². The zero-order valence-electron chi connectivity index (χ0n) is 11.7. The minimum absolute atomic E-state index is 0.0760. The van der Waals surface area contributed by atoms with Crippen LogP contribution in [0.3, 0.4) is 0 Å². The standard InChI is InChI=1S/C17H23NO/c1-2-11-18(14-17-9-10-17)13-16-7-5-15(6-8-16)4-3-12-19/h5-8,17,19H,2,9-14H2,1H3. The predicted molar refractivity (Wildman–Crippen MR) is 78.7 cm³/mol. The molecule has 2 rings (SSSR count). The van der Waals surface area contributed by atoms with Crippen LogP contribution >= 0.6 is 0 Å². The largest absolute Gasteiger partial charge is 0.384 e. The molecule has 1 fully saturated rings. The lowest BCUT2D eigenvalue weighted by Crippen LogP contribution is -2.26. The summed E-state index contributed by atoms with van der Waals surface area (Å²) in [6, 6.07) is 8.38. The Balaban J connectivity index is 1.92. The van der Waals surface area contributed by atoms with E-state index >= 15 is 0 Å². The van der Waals surface area contributed by atoms with Crippen LogP contribution in [0.15, 0.2) is 24.3 Å². The number of hydrogen-bond donors (Lipinski definition) is 1. The molecule has 1 N–H and O–H groups in total. The first-order valence-electron chi connectivity index (χ1n) is 7.23. The molecule has 0 unspecified atom stereocenters. The molecule has 102 valence electrons. The van der Waals surface area contributed by atoms with Crippen molar-refractivity contribution in [3.63, 3.8) is 0 Å². The summed E-state index contributed by atoms with van der Waals surface area (Å²) in [6.07, 6.45) is 4.04. The van der Waals surface area contributed by atoms with Crippen molar-refractivity contribution in [3.05, 3.63) is 35.4 Å². The van der Waals surface area contributed by atoms with Gasteiger partial charge in [0, 0.05) is 18.7 Å². The highest BCUT2D eigenvalue weighted by molar-refractivity contribution is 5.36. The van der Waals surface area contributed by atoms with E-state index < -0.39 is 0 Å². The third-order valence-electron chi connectivity index (χ3n) is 3.43. The molecular weight excluding hydrogens is 234 g/mol. The highest BCUT2D eigenvalue weighted by atomic mass is 16.2. The fraction of sp³-hybridized carbons (Fsp3) is 0.529. The SMILES string of the molecule is CCCN(Cc1ccc(C#CCO)cc1)CC1CC1. The van der Waals surface area contributed by atoms with Crippen LogP contribution in [-0.4, -0.2) is 29.7 Å². The second-order valence-corrected chi connectivity index (χ2v) is 5.34. The minimum Gasteiger partial charge on any atom is -0.384 e. The summed E-state index contributed by atoms with van der Waals surface area (Å²) in [6.45, 7) is 5.64. The van der Waals surface area contributed by atoms with E-state index in [1.807, 2.05) is 12.1 Å². The predicted octanol–water partition coefficient (Wildman–Crippen LogP) is 2.65. The van der Waals surface area contributed by atoms with Crippen LogP contribution in [0, 0.1) is 17.8 Å². The molecule has 1 aromatic carbocycles. The molecule has 0 atom stereocenters. The average Bonchev–Trinajstić information content (AvgIpc) is 3.22. The van der Waals surface area contributed by atoms with Gasteiger partial charge in [-0.3, -0.25) is 4.90 Å². The number of rotatable bonds is 6. The topological polar surface area (TPSA) is 23.5 Å². The molecule has 0 amide bonds. The second-order valence-electron chi connectivity index (χ2n) is 5.34. The van der Waals surface area contributed by atoms with Gasteiger partial charge in [-0.2, -0.15) is 0 Å². The van der Waals surface area contributed by atoms with Crippen molar-refractivity contribution in [2.75, 3.05) is 19.7 Å². The van der Waals surface area contributed by atoms with E-state index in [2.05, 4.69) is 35.8 Å². The summed E-state index contributed by atoms with van der Waals surface area (Å²) >= 11 is 0. The quantitative estimate of drug-likeness (QED) is 0.792. The molecule has 0 heterocycles. The molecule has 1 aliphatic carbocycles. The number of hydrogen-bond acceptors (Lipinski definition) is 2. The molecule has 1 aromatic rings. The zero-order valence-corrected chi connectivity index (χ0v) is 11.7. The van der Waals surface area contributed by atoms with Gasteiger partial charge in [-0.25, -0.2) is 0 Å². The Morgan fingerprint density at radius 3 is 2.58 bits per heavy atom. The lowest BCUT2D eigenvalue weighted by Gasteiger charge is -2.21. The summed E-state index contributed by atoms with van der Waals surface area (Å²) in [7, 11) is 0. The summed E-state index contributed by atoms with van der Waals surface area (Å²) in [5.41, 5.74) is 2.32. The third kappa shape index (κ3) is 5.06. The van der Waals surface area contributed by atoms with Crippen molar-refractivity contribution in [1.82, 2.24) is 4.90 Å². The van der Waals surface area contributed by atoms with Gasteiger partial charge in [-0.15, -0.1) is 0 Å². The molecule has 2 nitrogen and oxygen atoms in total. The van der Waals surface area contributed by atoms with Gasteiger partial charge < -0.3 is 5.11 Å². The Morgan fingerprint density at radius 1 is 1.26 bits per heavy atom. The number of nitrogens with zero attached hydrogens (tertiary/aromatic N) is 1. The van der Waals surface area contributed by atoms with E-state index in [1.54, 1.807) is 0 Å². The fourth-order valence-electron chi connectivity index (χ4n) is 2.31. The first kappa shape index (κ1) is 14.1. The summed E-state index contributed by atoms with van der Waals surface area (Å²) < 4.78 is 0. The smallest absolute Gasteiger partial charge is 0.104 e. The zero-order chi connectivity index (χ0) is 13.5. The first-order chi connectivity index (χ1) is 9.31. The number of aliphatic hydroxyl groups excluding tert-OH is 1. The molecule has 0 radical (unpaired) electrons. The normalized spacial score (nSPS) is 14.3. The minimum atomic E-state index is -0.0760. The average molecular weight is 257 g/mol. The van der Waals surface area contributed by atoms with E-state index in [-0.39, 0.29) is 6.61 Å². The van der Waals surface area contributed by atoms with Crippen LogP contribution in [0.2, 0.25) is 0 Å². The van der Waals surface area contributed by atoms with Crippen LogP contribution in [0.5, 0.6) is 0 Å². The molecule has 0 bridgehead atoms. The van der Waals surface area contributed by atoms with Gasteiger partial charge in [-0.1, -0.05) is 30.9 Å². The fourth-order valence-corrected chi connectivity index (χ4v) is 2.31. The first-order valence-corrected chi connectivity index (χ1v) is 7.23. The van der Waals surface area contributed by atoms with Gasteiger partial charge in [0.25, 0.3) is 0 Å². The van der Waals surface area contributed by atoms with Gasteiger partial charge in [0.05, 0.1) is 0 Å². The summed E-state index contributed by atoms with van der Waals surface area (Å²) in [5, 5.41) is 8.67. The second kappa shape index (κ2) is 7.33. The van der Waals surface area contributed by atoms with Gasteiger partial charge in [0.15, 0.2) is 0 Å². The van der Waals surface area contributed by atoms with E-state index in [0.717, 1.165) is 18.0 Å². The molecule has 1 saturated carbocycles. The molecule has 2 heteroatoms. The Labute approximate surface area is 116 Å². The molecule has 19 heavy (non-hydrogen) atoms. The van der Waals surface area contributed by atoms with Gasteiger partial charge in [0.2, 0.25) is 0 Å². The maximum Gasteiger partial charge on any atom is 0.104 e. The highest BCUT2D eigenvalue weighted by Crippen LogP contribution is 2.30. The third-order valence-corrected chi connectivity index (χ3v) is 3.43. The molecule has 0 aliphatic heterocycles. The summed E-state index contributed by atoms with van der Waals surface area (Å²) in [5.74, 6) is 6.55. The van der Waals surface area contributed by atoms with Gasteiger partial charge in [-0.05, 0) is 49.4 Å². The van der Waals surface area contributed by atoms with Crippen molar-refractivity contribution in [3.8, 4) is 11.8 Å². The van der Waals surface area contributed by atoms with Crippen LogP contribution in [-0.2, 0) is 6.54 Å². The Kier molecular flexibility index (Phi) is 5.44. The molecule has 0 spiro atoms. The lowest BCUT2D eigenvalue weighted by atomic mass is 10.1. The van der Waals surface area contributed by atoms with Crippen molar-refractivity contribution in [2.24, 2.45) is 5.92 Å². The van der Waals surface area contributed by atoms with Crippen LogP contribution < -0.4 is 0 Å². The van der Waals surface area contributed by atoms with E-state index in [4.69, 9.17) is 5.11 Å². The molecule has 0 aromatic heterocycles. The maximum absolute atomic E-state index is 8.67. The van der Waals surface area contributed by atoms with Crippen molar-refractivity contribution >= 4 is 0 Å².